The Bertz CT molecular complexity index is 400. The second-order valence-electron chi connectivity index (χ2n) is 2.69. The minimum atomic E-state index is -3.00. The number of nitrogens with zero attached hydrogens (tertiary/aromatic N) is 1. The molecule has 0 aromatic carbocycles. The van der Waals surface area contributed by atoms with E-state index in [2.05, 4.69) is 19.2 Å². The topological polar surface area (TPSA) is 61.6 Å². The maximum atomic E-state index is 12.0. The van der Waals surface area contributed by atoms with Gasteiger partial charge in [0.05, 0.1) is 12.7 Å². The van der Waals surface area contributed by atoms with Crippen molar-refractivity contribution in [2.75, 3.05) is 7.11 Å². The van der Waals surface area contributed by atoms with Crippen molar-refractivity contribution in [1.82, 2.24) is 5.16 Å². The first-order valence-corrected chi connectivity index (χ1v) is 4.21. The van der Waals surface area contributed by atoms with Gasteiger partial charge in [-0.1, -0.05) is 0 Å². The van der Waals surface area contributed by atoms with E-state index < -0.39 is 12.6 Å². The van der Waals surface area contributed by atoms with Gasteiger partial charge < -0.3 is 14.0 Å². The molecule has 0 saturated carbocycles. The zero-order valence-corrected chi connectivity index (χ0v) is 8.57. The van der Waals surface area contributed by atoms with E-state index in [-0.39, 0.29) is 17.2 Å². The number of carbonyl (C=O) groups is 1. The van der Waals surface area contributed by atoms with Crippen LogP contribution in [0.3, 0.4) is 0 Å². The number of ether oxygens (including phenoxy) is 2. The van der Waals surface area contributed by atoms with Gasteiger partial charge in [-0.25, -0.2) is 4.79 Å². The fourth-order valence-electron chi connectivity index (χ4n) is 0.936. The van der Waals surface area contributed by atoms with Gasteiger partial charge in [0, 0.05) is 6.08 Å². The predicted octanol–water partition coefficient (Wildman–Crippen LogP) is 1.77. The number of methoxy groups -OCH3 is 1. The molecule has 0 N–H and O–H groups in total. The smallest absolute Gasteiger partial charge is 0.388 e. The molecule has 0 atom stereocenters. The van der Waals surface area contributed by atoms with Crippen LogP contribution in [0, 0.1) is 6.92 Å². The Labute approximate surface area is 89.6 Å². The minimum Gasteiger partial charge on any atom is -0.466 e. The number of hydrogen-bond donors (Lipinski definition) is 0. The third-order valence-electron chi connectivity index (χ3n) is 1.66. The molecule has 1 aromatic rings. The summed E-state index contributed by atoms with van der Waals surface area (Å²) in [5.41, 5.74) is 0.172. The van der Waals surface area contributed by atoms with Gasteiger partial charge in [0.1, 0.15) is 5.76 Å². The highest BCUT2D eigenvalue weighted by Crippen LogP contribution is 2.23. The maximum Gasteiger partial charge on any atom is 0.388 e. The number of carbonyl (C=O) groups excluding carboxylic acids is 1. The summed E-state index contributed by atoms with van der Waals surface area (Å²) < 4.78 is 37.0. The minimum absolute atomic E-state index is 0.172. The van der Waals surface area contributed by atoms with E-state index in [9.17, 15) is 13.6 Å². The van der Waals surface area contributed by atoms with Gasteiger partial charge in [-0.2, -0.15) is 8.78 Å². The summed E-state index contributed by atoms with van der Waals surface area (Å²) in [6, 6.07) is 0. The average Bonchev–Trinajstić information content (AvgIpc) is 2.56. The lowest BCUT2D eigenvalue weighted by Crippen LogP contribution is -2.03. The third-order valence-corrected chi connectivity index (χ3v) is 1.66. The largest absolute Gasteiger partial charge is 0.466 e. The molecule has 0 unspecified atom stereocenters. The van der Waals surface area contributed by atoms with E-state index in [0.717, 1.165) is 6.08 Å². The summed E-state index contributed by atoms with van der Waals surface area (Å²) in [5.74, 6) is -0.730. The highest BCUT2D eigenvalue weighted by atomic mass is 19.3. The normalized spacial score (nSPS) is 11.1. The van der Waals surface area contributed by atoms with Crippen LogP contribution in [0.4, 0.5) is 8.78 Å². The Morgan fingerprint density at radius 2 is 2.25 bits per heavy atom. The second kappa shape index (κ2) is 5.24. The first-order chi connectivity index (χ1) is 7.54. The second-order valence-corrected chi connectivity index (χ2v) is 2.69. The van der Waals surface area contributed by atoms with Gasteiger partial charge in [0.2, 0.25) is 0 Å². The zero-order valence-electron chi connectivity index (χ0n) is 8.57. The van der Waals surface area contributed by atoms with E-state index in [1.54, 1.807) is 0 Å². The monoisotopic (exact) mass is 233 g/mol. The van der Waals surface area contributed by atoms with Crippen LogP contribution in [-0.2, 0) is 9.53 Å². The Balaban J connectivity index is 2.89. The molecule has 0 aliphatic heterocycles. The standard InChI is InChI=1S/C9H9F2NO4/c1-5-6(3-4-7(13)14-2)8(12-16-5)15-9(10)11/h3-4,9H,1-2H3. The number of rotatable bonds is 4. The van der Waals surface area contributed by atoms with Gasteiger partial charge in [-0.3, -0.25) is 0 Å². The van der Waals surface area contributed by atoms with Gasteiger partial charge >= 0.3 is 12.6 Å². The summed E-state index contributed by atoms with van der Waals surface area (Å²) in [6.07, 6.45) is 2.28. The van der Waals surface area contributed by atoms with E-state index in [1.165, 1.54) is 20.1 Å². The van der Waals surface area contributed by atoms with Crippen molar-refractivity contribution in [3.05, 3.63) is 17.4 Å². The van der Waals surface area contributed by atoms with Crippen LogP contribution in [0.1, 0.15) is 11.3 Å². The van der Waals surface area contributed by atoms with Crippen molar-refractivity contribution in [2.24, 2.45) is 0 Å². The molecule has 0 aliphatic carbocycles. The van der Waals surface area contributed by atoms with E-state index >= 15 is 0 Å². The molecule has 0 saturated heterocycles. The van der Waals surface area contributed by atoms with Crippen LogP contribution in [0.15, 0.2) is 10.6 Å². The Morgan fingerprint density at radius 1 is 1.56 bits per heavy atom. The van der Waals surface area contributed by atoms with Crippen LogP contribution in [0.5, 0.6) is 5.88 Å². The number of esters is 1. The van der Waals surface area contributed by atoms with Crippen LogP contribution in [0.25, 0.3) is 6.08 Å². The van der Waals surface area contributed by atoms with Crippen LogP contribution in [-0.4, -0.2) is 24.8 Å². The first kappa shape index (κ1) is 12.2. The fourth-order valence-corrected chi connectivity index (χ4v) is 0.936. The predicted molar refractivity (Wildman–Crippen MR) is 48.9 cm³/mol. The molecule has 1 rings (SSSR count). The summed E-state index contributed by atoms with van der Waals surface area (Å²) in [7, 11) is 1.20. The average molecular weight is 233 g/mol. The molecule has 88 valence electrons. The van der Waals surface area contributed by atoms with Gasteiger partial charge in [0.15, 0.2) is 0 Å². The highest BCUT2D eigenvalue weighted by Gasteiger charge is 2.15. The number of alkyl halides is 2. The lowest BCUT2D eigenvalue weighted by Gasteiger charge is -1.99. The van der Waals surface area contributed by atoms with Crippen molar-refractivity contribution in [3.63, 3.8) is 0 Å². The first-order valence-electron chi connectivity index (χ1n) is 4.21. The number of halogens is 2. The summed E-state index contributed by atoms with van der Waals surface area (Å²) in [5, 5.41) is 3.28. The lowest BCUT2D eigenvalue weighted by molar-refractivity contribution is -0.134. The molecule has 5 nitrogen and oxygen atoms in total. The molecule has 1 aromatic heterocycles. The van der Waals surface area contributed by atoms with Crippen molar-refractivity contribution >= 4 is 12.0 Å². The molecular formula is C9H9F2NO4. The van der Waals surface area contributed by atoms with Gasteiger partial charge in [0.25, 0.3) is 5.88 Å². The zero-order chi connectivity index (χ0) is 12.1. The summed E-state index contributed by atoms with van der Waals surface area (Å²) in [6.45, 7) is -1.50. The summed E-state index contributed by atoms with van der Waals surface area (Å²) >= 11 is 0. The molecule has 0 radical (unpaired) electrons. The molecule has 16 heavy (non-hydrogen) atoms. The van der Waals surface area contributed by atoms with Crippen molar-refractivity contribution in [1.29, 1.82) is 0 Å². The Hall–Kier alpha value is -1.92. The third kappa shape index (κ3) is 3.04. The lowest BCUT2D eigenvalue weighted by atomic mass is 10.2. The van der Waals surface area contributed by atoms with E-state index in [4.69, 9.17) is 0 Å². The van der Waals surface area contributed by atoms with E-state index in [0.29, 0.717) is 0 Å². The van der Waals surface area contributed by atoms with Crippen molar-refractivity contribution < 1.29 is 27.6 Å². The van der Waals surface area contributed by atoms with Crippen molar-refractivity contribution in [2.45, 2.75) is 13.5 Å². The van der Waals surface area contributed by atoms with Crippen LogP contribution >= 0.6 is 0 Å². The quantitative estimate of drug-likeness (QED) is 0.585. The molecule has 1 heterocycles. The van der Waals surface area contributed by atoms with E-state index in [1.807, 2.05) is 0 Å². The molecular weight excluding hydrogens is 224 g/mol. The number of aryl methyl sites for hydroxylation is 1. The van der Waals surface area contributed by atoms with Crippen LogP contribution < -0.4 is 4.74 Å². The number of hydrogen-bond acceptors (Lipinski definition) is 5. The number of aromatic nitrogens is 1. The Kier molecular flexibility index (Phi) is 3.98. The molecule has 7 heteroatoms. The molecule has 0 amide bonds. The molecule has 0 bridgehead atoms. The van der Waals surface area contributed by atoms with Crippen molar-refractivity contribution in [3.8, 4) is 5.88 Å². The SMILES string of the molecule is COC(=O)C=Cc1c(OC(F)F)noc1C. The maximum absolute atomic E-state index is 12.0. The molecule has 0 spiro atoms. The fraction of sp³-hybridized carbons (Fsp3) is 0.333. The van der Waals surface area contributed by atoms with Crippen LogP contribution in [0.2, 0.25) is 0 Å². The molecule has 0 fully saturated rings. The molecule has 0 aliphatic rings. The highest BCUT2D eigenvalue weighted by molar-refractivity contribution is 5.87. The Morgan fingerprint density at radius 3 is 2.81 bits per heavy atom. The van der Waals surface area contributed by atoms with Gasteiger partial charge in [-0.15, -0.1) is 0 Å². The van der Waals surface area contributed by atoms with Gasteiger partial charge in [-0.05, 0) is 18.2 Å². The summed E-state index contributed by atoms with van der Waals surface area (Å²) in [4.78, 5) is 10.8.